The van der Waals surface area contributed by atoms with Gasteiger partial charge in [-0.1, -0.05) is 30.3 Å². The Labute approximate surface area is 113 Å². The molecule has 3 heteroatoms. The van der Waals surface area contributed by atoms with Crippen LogP contribution < -0.4 is 0 Å². The molecule has 1 aromatic rings. The molecule has 1 aromatic carbocycles. The highest BCUT2D eigenvalue weighted by atomic mass is 16.7. The molecule has 1 spiro atoms. The maximum Gasteiger partial charge on any atom is 0.171 e. The molecule has 1 aliphatic heterocycles. The van der Waals surface area contributed by atoms with Crippen molar-refractivity contribution < 1.29 is 9.47 Å². The number of rotatable bonds is 1. The van der Waals surface area contributed by atoms with Gasteiger partial charge in [0.25, 0.3) is 0 Å². The van der Waals surface area contributed by atoms with Crippen molar-refractivity contribution in [2.24, 2.45) is 11.8 Å². The minimum atomic E-state index is -0.361. The normalized spacial score (nSPS) is 38.7. The second-order valence-electron chi connectivity index (χ2n) is 6.00. The highest BCUT2D eigenvalue weighted by Crippen LogP contribution is 2.62. The summed E-state index contributed by atoms with van der Waals surface area (Å²) in [6, 6.07) is 12.9. The van der Waals surface area contributed by atoms with Crippen LogP contribution in [-0.2, 0) is 14.9 Å². The van der Waals surface area contributed by atoms with Gasteiger partial charge in [0.2, 0.25) is 0 Å². The van der Waals surface area contributed by atoms with Crippen LogP contribution in [0.15, 0.2) is 30.3 Å². The van der Waals surface area contributed by atoms with Crippen LogP contribution >= 0.6 is 0 Å². The first-order valence-electron chi connectivity index (χ1n) is 7.04. The molecule has 0 amide bonds. The highest BCUT2D eigenvalue weighted by molar-refractivity contribution is 5.38. The van der Waals surface area contributed by atoms with E-state index in [4.69, 9.17) is 9.47 Å². The van der Waals surface area contributed by atoms with E-state index in [0.717, 1.165) is 24.8 Å². The fourth-order valence-electron chi connectivity index (χ4n) is 4.40. The molecule has 0 unspecified atom stereocenters. The summed E-state index contributed by atoms with van der Waals surface area (Å²) in [6.07, 6.45) is 2.81. The molecule has 2 bridgehead atoms. The van der Waals surface area contributed by atoms with Gasteiger partial charge >= 0.3 is 0 Å². The molecule has 3 atom stereocenters. The van der Waals surface area contributed by atoms with Crippen molar-refractivity contribution >= 4 is 0 Å². The summed E-state index contributed by atoms with van der Waals surface area (Å²) < 4.78 is 11.8. The molecule has 19 heavy (non-hydrogen) atoms. The zero-order valence-corrected chi connectivity index (χ0v) is 10.8. The molecule has 4 rings (SSSR count). The molecule has 2 saturated carbocycles. The van der Waals surface area contributed by atoms with E-state index >= 15 is 0 Å². The van der Waals surface area contributed by atoms with E-state index in [1.165, 1.54) is 0 Å². The lowest BCUT2D eigenvalue weighted by Crippen LogP contribution is -2.44. The summed E-state index contributed by atoms with van der Waals surface area (Å²) in [5, 5.41) is 9.79. The van der Waals surface area contributed by atoms with Crippen molar-refractivity contribution in [3.05, 3.63) is 35.9 Å². The zero-order valence-electron chi connectivity index (χ0n) is 10.8. The van der Waals surface area contributed by atoms with Gasteiger partial charge in [0.05, 0.1) is 24.7 Å². The Balaban J connectivity index is 1.71. The van der Waals surface area contributed by atoms with E-state index in [2.05, 4.69) is 18.2 Å². The van der Waals surface area contributed by atoms with Gasteiger partial charge in [0.1, 0.15) is 0 Å². The lowest BCUT2D eigenvalue weighted by Gasteiger charge is -2.39. The maximum atomic E-state index is 9.79. The lowest BCUT2D eigenvalue weighted by atomic mass is 9.68. The topological polar surface area (TPSA) is 42.2 Å². The smallest absolute Gasteiger partial charge is 0.171 e. The van der Waals surface area contributed by atoms with Crippen molar-refractivity contribution in [2.45, 2.75) is 30.5 Å². The average Bonchev–Trinajstić information content (AvgIpc) is 3.15. The quantitative estimate of drug-likeness (QED) is 0.774. The first kappa shape index (κ1) is 11.5. The minimum Gasteiger partial charge on any atom is -0.347 e. The third-order valence-corrected chi connectivity index (χ3v) is 5.25. The summed E-state index contributed by atoms with van der Waals surface area (Å²) in [5.74, 6) is 0.377. The van der Waals surface area contributed by atoms with Gasteiger partial charge in [-0.05, 0) is 24.3 Å². The van der Waals surface area contributed by atoms with Gasteiger partial charge in [-0.2, -0.15) is 5.26 Å². The fourth-order valence-corrected chi connectivity index (χ4v) is 4.40. The SMILES string of the molecule is N#C[C@]1(c2ccccc2)C[C@H]2C[C@@H]1CC21OCCO1. The van der Waals surface area contributed by atoms with Gasteiger partial charge in [-0.15, -0.1) is 0 Å². The molecule has 1 saturated heterocycles. The summed E-state index contributed by atoms with van der Waals surface area (Å²) in [6.45, 7) is 1.40. The van der Waals surface area contributed by atoms with E-state index in [0.29, 0.717) is 25.0 Å². The number of nitriles is 1. The van der Waals surface area contributed by atoms with E-state index in [1.54, 1.807) is 0 Å². The third kappa shape index (κ3) is 1.39. The molecule has 3 fully saturated rings. The van der Waals surface area contributed by atoms with Gasteiger partial charge in [-0.25, -0.2) is 0 Å². The predicted octanol–water partition coefficient (Wildman–Crippen LogP) is 2.62. The largest absolute Gasteiger partial charge is 0.347 e. The van der Waals surface area contributed by atoms with Gasteiger partial charge in [0, 0.05) is 12.3 Å². The lowest BCUT2D eigenvalue weighted by molar-refractivity contribution is -0.194. The van der Waals surface area contributed by atoms with Crippen LogP contribution in [0.4, 0.5) is 0 Å². The molecule has 0 N–H and O–H groups in total. The van der Waals surface area contributed by atoms with Crippen LogP contribution in [0.2, 0.25) is 0 Å². The van der Waals surface area contributed by atoms with Crippen LogP contribution in [-0.4, -0.2) is 19.0 Å². The molecule has 2 aliphatic carbocycles. The Morgan fingerprint density at radius 2 is 1.79 bits per heavy atom. The zero-order chi connectivity index (χ0) is 12.9. The van der Waals surface area contributed by atoms with Crippen molar-refractivity contribution in [3.63, 3.8) is 0 Å². The van der Waals surface area contributed by atoms with Crippen LogP contribution in [0.1, 0.15) is 24.8 Å². The number of ether oxygens (including phenoxy) is 2. The van der Waals surface area contributed by atoms with Crippen LogP contribution in [0.3, 0.4) is 0 Å². The molecule has 0 radical (unpaired) electrons. The second kappa shape index (κ2) is 3.82. The van der Waals surface area contributed by atoms with E-state index in [-0.39, 0.29) is 11.2 Å². The predicted molar refractivity (Wildman–Crippen MR) is 69.2 cm³/mol. The molecule has 1 heterocycles. The van der Waals surface area contributed by atoms with Crippen LogP contribution in [0.25, 0.3) is 0 Å². The average molecular weight is 255 g/mol. The molecule has 3 aliphatic rings. The Morgan fingerprint density at radius 1 is 1.05 bits per heavy atom. The first-order valence-corrected chi connectivity index (χ1v) is 7.04. The van der Waals surface area contributed by atoms with E-state index in [9.17, 15) is 5.26 Å². The van der Waals surface area contributed by atoms with Crippen molar-refractivity contribution in [3.8, 4) is 6.07 Å². The second-order valence-corrected chi connectivity index (χ2v) is 6.00. The number of benzene rings is 1. The molecule has 0 aromatic heterocycles. The molecule has 3 nitrogen and oxygen atoms in total. The summed E-state index contributed by atoms with van der Waals surface area (Å²) in [4.78, 5) is 0. The van der Waals surface area contributed by atoms with Gasteiger partial charge in [0.15, 0.2) is 5.79 Å². The van der Waals surface area contributed by atoms with E-state index in [1.807, 2.05) is 18.2 Å². The minimum absolute atomic E-state index is 0.327. The number of hydrogen-bond acceptors (Lipinski definition) is 3. The van der Waals surface area contributed by atoms with E-state index < -0.39 is 0 Å². The monoisotopic (exact) mass is 255 g/mol. The summed E-state index contributed by atoms with van der Waals surface area (Å²) >= 11 is 0. The van der Waals surface area contributed by atoms with Gasteiger partial charge < -0.3 is 9.47 Å². The Bertz CT molecular complexity index is 529. The standard InChI is InChI=1S/C16H17NO2/c17-11-15(12-4-2-1-3-5-12)9-14-8-13(15)10-16(14)18-6-7-19-16/h1-5,13-14H,6-10H2/t13-,14-,15+/m1/s1. The Kier molecular flexibility index (Phi) is 2.30. The maximum absolute atomic E-state index is 9.79. The first-order chi connectivity index (χ1) is 9.29. The molecular formula is C16H17NO2. The Morgan fingerprint density at radius 3 is 2.37 bits per heavy atom. The highest BCUT2D eigenvalue weighted by Gasteiger charge is 2.64. The molecule has 98 valence electrons. The summed E-state index contributed by atoms with van der Waals surface area (Å²) in [5.41, 5.74) is 0.838. The van der Waals surface area contributed by atoms with Crippen molar-refractivity contribution in [2.75, 3.05) is 13.2 Å². The number of fused-ring (bicyclic) bond motifs is 3. The third-order valence-electron chi connectivity index (χ3n) is 5.25. The number of hydrogen-bond donors (Lipinski definition) is 0. The summed E-state index contributed by atoms with van der Waals surface area (Å²) in [7, 11) is 0. The van der Waals surface area contributed by atoms with Crippen molar-refractivity contribution in [1.82, 2.24) is 0 Å². The molecular weight excluding hydrogens is 238 g/mol. The van der Waals surface area contributed by atoms with Crippen LogP contribution in [0.5, 0.6) is 0 Å². The van der Waals surface area contributed by atoms with Crippen molar-refractivity contribution in [1.29, 1.82) is 5.26 Å². The van der Waals surface area contributed by atoms with Crippen LogP contribution in [0, 0.1) is 23.2 Å². The number of nitrogens with zero attached hydrogens (tertiary/aromatic N) is 1. The fraction of sp³-hybridized carbons (Fsp3) is 0.562. The Hall–Kier alpha value is -1.37. The van der Waals surface area contributed by atoms with Gasteiger partial charge in [-0.3, -0.25) is 0 Å².